The van der Waals surface area contributed by atoms with E-state index < -0.39 is 0 Å². The van der Waals surface area contributed by atoms with Crippen LogP contribution < -0.4 is 0 Å². The number of fused-ring (bicyclic) bond motifs is 5. The van der Waals surface area contributed by atoms with Gasteiger partial charge in [0.05, 0.1) is 24.0 Å². The van der Waals surface area contributed by atoms with E-state index in [1.54, 1.807) is 22.4 Å². The van der Waals surface area contributed by atoms with Crippen molar-refractivity contribution in [2.45, 2.75) is 256 Å². The molecule has 0 bridgehead atoms. The van der Waals surface area contributed by atoms with Crippen molar-refractivity contribution in [3.63, 3.8) is 0 Å². The molecule has 1 aliphatic heterocycles. The van der Waals surface area contributed by atoms with Crippen LogP contribution >= 0.6 is 0 Å². The van der Waals surface area contributed by atoms with Gasteiger partial charge in [-0.2, -0.15) is 0 Å². The summed E-state index contributed by atoms with van der Waals surface area (Å²) in [5, 5.41) is 0. The fraction of sp³-hybridized carbons (Fsp3) is 0.614. The van der Waals surface area contributed by atoms with Crippen molar-refractivity contribution in [1.82, 2.24) is 9.80 Å². The lowest BCUT2D eigenvalue weighted by atomic mass is 9.52. The van der Waals surface area contributed by atoms with Gasteiger partial charge < -0.3 is 19.1 Å². The Morgan fingerprint density at radius 1 is 0.636 bits per heavy atom. The first-order valence-electron chi connectivity index (χ1n) is 36.5. The van der Waals surface area contributed by atoms with Gasteiger partial charge in [0, 0.05) is 53.7 Å². The van der Waals surface area contributed by atoms with Gasteiger partial charge in [-0.15, -0.1) is 13.2 Å². The average Bonchev–Trinajstić information content (AvgIpc) is 1.55. The Labute approximate surface area is 532 Å². The van der Waals surface area contributed by atoms with E-state index in [0.29, 0.717) is 71.7 Å². The fourth-order valence-corrected chi connectivity index (χ4v) is 21.0. The Morgan fingerprint density at radius 2 is 1.44 bits per heavy atom. The second-order valence-electron chi connectivity index (χ2n) is 31.1. The summed E-state index contributed by atoms with van der Waals surface area (Å²) >= 11 is 0. The Hall–Kier alpha value is -4.84. The van der Waals surface area contributed by atoms with Crippen LogP contribution in [0.5, 0.6) is 0 Å². The van der Waals surface area contributed by atoms with Crippen molar-refractivity contribution in [3.8, 4) is 0 Å². The quantitative estimate of drug-likeness (QED) is 0.144. The molecule has 470 valence electrons. The monoisotopic (exact) mass is 1180 g/mol. The van der Waals surface area contributed by atoms with E-state index in [2.05, 4.69) is 166 Å². The normalized spacial score (nSPS) is 39.1. The topological polar surface area (TPSA) is 34.2 Å². The van der Waals surface area contributed by atoms with Gasteiger partial charge in [0.25, 0.3) is 0 Å². The maximum absolute atomic E-state index is 6.98. The highest BCUT2D eigenvalue weighted by atomic mass is 16.5. The summed E-state index contributed by atoms with van der Waals surface area (Å²) in [6.45, 7) is 19.5. The highest BCUT2D eigenvalue weighted by Crippen LogP contribution is 2.70. The summed E-state index contributed by atoms with van der Waals surface area (Å²) in [6.07, 6.45) is 85.4. The van der Waals surface area contributed by atoms with Crippen LogP contribution in [0.4, 0.5) is 0 Å². The Balaban J connectivity index is 0.727. The van der Waals surface area contributed by atoms with Crippen LogP contribution in [0.25, 0.3) is 0 Å². The fourth-order valence-electron chi connectivity index (χ4n) is 21.0. The second kappa shape index (κ2) is 26.4. The third-order valence-electron chi connectivity index (χ3n) is 25.4. The molecule has 14 aliphatic rings. The molecule has 1 heterocycles. The number of hydrogen-bond acceptors (Lipinski definition) is 5. The largest absolute Gasteiger partial charge is 0.494 e. The standard InChI is InChI=1S/C83H110N2O3/c1-7-56-19-39-68(40-20-56)86-71-45-30-63(31-46-71)83(62-15-11-10-12-16-62)78-18-14-13-17-74(78)75-50-38-67(54-79(75)83)84(65-34-28-61(29-35-65)82(4,5)6)64-32-25-59(26-33-64)60-27-51-80-76(53-60)77-55-73(88-70-43-23-58(9-3)24-44-70)49-52-81(77)85(80)66-36-47-72(48-37-66)87-69-41-21-57(8-2)22-42-69/h7-9,14,18-19,21,23,28,30,36,38-39,41,43,47-48,50,52-53,56-57,59,62,64-69,71,73-75,77-79H,1-3,10-13,15-17,20,22,24-27,29,31-35,37,40,42,44-46,49,51,54-55H2,4-6H3. The van der Waals surface area contributed by atoms with Crippen LogP contribution in [0.2, 0.25) is 0 Å². The van der Waals surface area contributed by atoms with E-state index >= 15 is 0 Å². The van der Waals surface area contributed by atoms with Crippen molar-refractivity contribution in [3.05, 3.63) is 192 Å². The summed E-state index contributed by atoms with van der Waals surface area (Å²) in [7, 11) is 0. The number of rotatable bonds is 16. The van der Waals surface area contributed by atoms with Crippen LogP contribution in [-0.4, -0.2) is 58.4 Å². The van der Waals surface area contributed by atoms with Crippen molar-refractivity contribution >= 4 is 0 Å². The first kappa shape index (κ1) is 60.7. The number of ether oxygens (including phenoxy) is 3. The molecule has 5 heteroatoms. The summed E-state index contributed by atoms with van der Waals surface area (Å²) in [5.41, 5.74) is 11.8. The van der Waals surface area contributed by atoms with Crippen molar-refractivity contribution in [2.75, 3.05) is 0 Å². The third kappa shape index (κ3) is 12.2. The highest BCUT2D eigenvalue weighted by Gasteiger charge is 2.64. The predicted octanol–water partition coefficient (Wildman–Crippen LogP) is 20.6. The molecule has 15 atom stereocenters. The number of allylic oxidation sites excluding steroid dienone is 19. The van der Waals surface area contributed by atoms with Crippen LogP contribution in [-0.2, 0) is 14.2 Å². The van der Waals surface area contributed by atoms with Gasteiger partial charge in [-0.3, -0.25) is 4.90 Å². The van der Waals surface area contributed by atoms with E-state index in [4.69, 9.17) is 14.2 Å². The van der Waals surface area contributed by atoms with Gasteiger partial charge in [-0.25, -0.2) is 0 Å². The van der Waals surface area contributed by atoms with Crippen molar-refractivity contribution < 1.29 is 14.2 Å². The van der Waals surface area contributed by atoms with E-state index in [1.165, 1.54) is 127 Å². The van der Waals surface area contributed by atoms with Crippen molar-refractivity contribution in [1.29, 1.82) is 0 Å². The van der Waals surface area contributed by atoms with E-state index in [0.717, 1.165) is 94.0 Å². The first-order chi connectivity index (χ1) is 43.0. The number of nitrogens with zero attached hydrogens (tertiary/aromatic N) is 2. The summed E-state index contributed by atoms with van der Waals surface area (Å²) in [6, 6.07) is 2.04. The van der Waals surface area contributed by atoms with E-state index in [-0.39, 0.29) is 29.1 Å². The van der Waals surface area contributed by atoms with Crippen molar-refractivity contribution in [2.24, 2.45) is 64.1 Å². The van der Waals surface area contributed by atoms with E-state index in [9.17, 15) is 0 Å². The SMILES string of the molecule is C=CC1=CC=C(OC2CC=C3C(C2)C2=C(CCC(C4CCC(N(C5C=CC6C7CCC=CC7C(C7=CCC(OC8C=CC(C=C)CC8)CC7)(C7CCCCC7)C6C5)C5CC=C(C(C)(C)C)CC5)CC4)=C2)N3C2C=CC(OC3C=CC(C=C)CC3)=CC2)CC1. The zero-order chi connectivity index (χ0) is 59.9. The molecule has 88 heavy (non-hydrogen) atoms. The average molecular weight is 1180 g/mol. The molecular formula is C83H110N2O3. The lowest BCUT2D eigenvalue weighted by Gasteiger charge is -2.54. The maximum Gasteiger partial charge on any atom is 0.117 e. The zero-order valence-electron chi connectivity index (χ0n) is 54.6. The molecule has 0 amide bonds. The molecule has 5 nitrogen and oxygen atoms in total. The molecule has 0 aromatic rings. The molecule has 0 spiro atoms. The summed E-state index contributed by atoms with van der Waals surface area (Å²) in [4.78, 5) is 6.05. The molecule has 0 N–H and O–H groups in total. The molecule has 14 rings (SSSR count). The second-order valence-corrected chi connectivity index (χ2v) is 31.1. The molecule has 0 radical (unpaired) electrons. The highest BCUT2D eigenvalue weighted by molar-refractivity contribution is 5.49. The molecule has 13 aliphatic carbocycles. The van der Waals surface area contributed by atoms with Gasteiger partial charge in [-0.05, 0) is 242 Å². The van der Waals surface area contributed by atoms with Gasteiger partial charge in [0.15, 0.2) is 0 Å². The Kier molecular flexibility index (Phi) is 18.2. The smallest absolute Gasteiger partial charge is 0.117 e. The Morgan fingerprint density at radius 3 is 2.12 bits per heavy atom. The Bertz CT molecular complexity index is 3030. The minimum absolute atomic E-state index is 0.143. The zero-order valence-corrected chi connectivity index (χ0v) is 54.6. The minimum Gasteiger partial charge on any atom is -0.494 e. The van der Waals surface area contributed by atoms with Gasteiger partial charge in [0.1, 0.15) is 18.0 Å². The lowest BCUT2D eigenvalue weighted by molar-refractivity contribution is -0.0107. The molecule has 0 saturated heterocycles. The first-order valence-corrected chi connectivity index (χ1v) is 36.5. The van der Waals surface area contributed by atoms with Crippen LogP contribution in [0, 0.1) is 64.1 Å². The molecule has 0 aromatic heterocycles. The summed E-state index contributed by atoms with van der Waals surface area (Å²) in [5.74, 6) is 7.79. The molecule has 3 fully saturated rings. The third-order valence-corrected chi connectivity index (χ3v) is 25.4. The molecule has 3 saturated carbocycles. The maximum atomic E-state index is 6.98. The molecule has 15 unspecified atom stereocenters. The lowest BCUT2D eigenvalue weighted by Crippen LogP contribution is -2.54. The predicted molar refractivity (Wildman–Crippen MR) is 364 cm³/mol. The van der Waals surface area contributed by atoms with Crippen LogP contribution in [0.3, 0.4) is 0 Å². The molecule has 0 aromatic carbocycles. The van der Waals surface area contributed by atoms with Crippen LogP contribution in [0.15, 0.2) is 192 Å². The molecular weight excluding hydrogens is 1070 g/mol. The van der Waals surface area contributed by atoms with Gasteiger partial charge in [0.2, 0.25) is 0 Å². The minimum atomic E-state index is 0.143. The van der Waals surface area contributed by atoms with Gasteiger partial charge >= 0.3 is 0 Å². The summed E-state index contributed by atoms with van der Waals surface area (Å²) < 4.78 is 20.5. The van der Waals surface area contributed by atoms with Gasteiger partial charge in [-0.1, -0.05) is 161 Å². The number of hydrogen-bond donors (Lipinski definition) is 0. The van der Waals surface area contributed by atoms with Crippen LogP contribution in [0.1, 0.15) is 207 Å². The van der Waals surface area contributed by atoms with E-state index in [1.807, 2.05) is 11.6 Å².